The molecule has 0 bridgehead atoms. The third kappa shape index (κ3) is 3.86. The monoisotopic (exact) mass is 388 g/mol. The highest BCUT2D eigenvalue weighted by Crippen LogP contribution is 2.32. The first-order valence-electron chi connectivity index (χ1n) is 10.0. The van der Waals surface area contributed by atoms with E-state index in [0.717, 1.165) is 38.5 Å². The minimum Gasteiger partial charge on any atom is -0.324 e. The van der Waals surface area contributed by atoms with E-state index in [0.29, 0.717) is 17.5 Å². The zero-order chi connectivity index (χ0) is 19.6. The predicted octanol–water partition coefficient (Wildman–Crippen LogP) is 2.86. The molecule has 2 aliphatic heterocycles. The van der Waals surface area contributed by atoms with E-state index < -0.39 is 0 Å². The van der Waals surface area contributed by atoms with Crippen LogP contribution in [0.3, 0.4) is 0 Å². The molecule has 0 unspecified atom stereocenters. The van der Waals surface area contributed by atoms with Crippen molar-refractivity contribution in [2.75, 3.05) is 31.5 Å². The molecule has 0 aliphatic carbocycles. The molecule has 2 aliphatic rings. The van der Waals surface area contributed by atoms with Crippen LogP contribution in [0.15, 0.2) is 67.1 Å². The molecule has 1 aromatic carbocycles. The lowest BCUT2D eigenvalue weighted by Gasteiger charge is -2.22. The summed E-state index contributed by atoms with van der Waals surface area (Å²) in [6, 6.07) is 16.1. The number of anilines is 1. The normalized spacial score (nSPS) is 21.3. The smallest absolute Gasteiger partial charge is 0.321 e. The number of aromatic nitrogens is 3. The van der Waals surface area contributed by atoms with Gasteiger partial charge < -0.3 is 10.2 Å². The van der Waals surface area contributed by atoms with Gasteiger partial charge in [-0.2, -0.15) is 5.10 Å². The van der Waals surface area contributed by atoms with Gasteiger partial charge in [-0.15, -0.1) is 0 Å². The van der Waals surface area contributed by atoms with Gasteiger partial charge in [0.2, 0.25) is 0 Å². The zero-order valence-corrected chi connectivity index (χ0v) is 16.2. The van der Waals surface area contributed by atoms with Crippen molar-refractivity contribution in [3.05, 3.63) is 72.7 Å². The Morgan fingerprint density at radius 3 is 2.45 bits per heavy atom. The van der Waals surface area contributed by atoms with Crippen LogP contribution in [0.25, 0.3) is 5.82 Å². The number of carbonyl (C=O) groups is 1. The Labute approximate surface area is 170 Å². The molecule has 29 heavy (non-hydrogen) atoms. The highest BCUT2D eigenvalue weighted by Gasteiger charge is 2.41. The number of fused-ring (bicyclic) bond motifs is 1. The van der Waals surface area contributed by atoms with Crippen molar-refractivity contribution in [3.8, 4) is 5.82 Å². The fourth-order valence-corrected chi connectivity index (χ4v) is 4.43. The van der Waals surface area contributed by atoms with Crippen molar-refractivity contribution >= 4 is 11.7 Å². The average Bonchev–Trinajstić information content (AvgIpc) is 3.46. The van der Waals surface area contributed by atoms with Gasteiger partial charge >= 0.3 is 6.03 Å². The summed E-state index contributed by atoms with van der Waals surface area (Å²) in [6.45, 7) is 4.75. The maximum absolute atomic E-state index is 12.7. The Hall–Kier alpha value is -3.19. The molecule has 2 aromatic heterocycles. The fourth-order valence-electron chi connectivity index (χ4n) is 4.43. The number of rotatable bonds is 4. The topological polar surface area (TPSA) is 66.3 Å². The molecule has 7 nitrogen and oxygen atoms in total. The number of hydrogen-bond acceptors (Lipinski definition) is 4. The predicted molar refractivity (Wildman–Crippen MR) is 111 cm³/mol. The summed E-state index contributed by atoms with van der Waals surface area (Å²) in [5, 5.41) is 7.14. The van der Waals surface area contributed by atoms with Crippen LogP contribution in [-0.4, -0.2) is 56.8 Å². The molecule has 2 atom stereocenters. The van der Waals surface area contributed by atoms with Gasteiger partial charge in [0.1, 0.15) is 0 Å². The standard InChI is InChI=1S/C22H24N6O/c29-22(25-20-7-8-21(23-11-20)28-10-4-9-24-28)27-15-18-13-26(14-19(18)16-27)12-17-5-2-1-3-6-17/h1-11,18-19H,12-16H2,(H,25,29)/t18-,19+. The van der Waals surface area contributed by atoms with Crippen LogP contribution >= 0.6 is 0 Å². The summed E-state index contributed by atoms with van der Waals surface area (Å²) >= 11 is 0. The number of nitrogens with one attached hydrogen (secondary N) is 1. The van der Waals surface area contributed by atoms with Gasteiger partial charge in [-0.25, -0.2) is 14.5 Å². The van der Waals surface area contributed by atoms with Gasteiger partial charge in [0.05, 0.1) is 11.9 Å². The maximum Gasteiger partial charge on any atom is 0.321 e. The lowest BCUT2D eigenvalue weighted by Crippen LogP contribution is -2.36. The SMILES string of the molecule is O=C(Nc1ccc(-n2cccn2)nc1)N1C[C@H]2CN(Cc3ccccc3)C[C@H]2C1. The van der Waals surface area contributed by atoms with Crippen LogP contribution in [0, 0.1) is 11.8 Å². The van der Waals surface area contributed by atoms with E-state index in [1.807, 2.05) is 29.3 Å². The number of benzene rings is 1. The largest absolute Gasteiger partial charge is 0.324 e. The lowest BCUT2D eigenvalue weighted by atomic mass is 10.0. The molecule has 0 radical (unpaired) electrons. The zero-order valence-electron chi connectivity index (χ0n) is 16.2. The Morgan fingerprint density at radius 2 is 1.79 bits per heavy atom. The summed E-state index contributed by atoms with van der Waals surface area (Å²) < 4.78 is 1.69. The second kappa shape index (κ2) is 7.67. The van der Waals surface area contributed by atoms with E-state index >= 15 is 0 Å². The van der Waals surface area contributed by atoms with Gasteiger partial charge in [-0.3, -0.25) is 4.90 Å². The van der Waals surface area contributed by atoms with E-state index in [1.54, 1.807) is 17.1 Å². The van der Waals surface area contributed by atoms with Crippen molar-refractivity contribution in [1.29, 1.82) is 0 Å². The molecule has 1 N–H and O–H groups in total. The molecule has 2 fully saturated rings. The van der Waals surface area contributed by atoms with Gasteiger partial charge in [0.15, 0.2) is 5.82 Å². The van der Waals surface area contributed by atoms with Crippen molar-refractivity contribution < 1.29 is 4.79 Å². The highest BCUT2D eigenvalue weighted by molar-refractivity contribution is 5.89. The number of nitrogens with zero attached hydrogens (tertiary/aromatic N) is 5. The lowest BCUT2D eigenvalue weighted by molar-refractivity contribution is 0.212. The second-order valence-corrected chi connectivity index (χ2v) is 7.89. The maximum atomic E-state index is 12.7. The Morgan fingerprint density at radius 1 is 1.00 bits per heavy atom. The molecule has 3 aromatic rings. The molecule has 4 heterocycles. The van der Waals surface area contributed by atoms with Crippen molar-refractivity contribution in [3.63, 3.8) is 0 Å². The Balaban J connectivity index is 1.14. The molecule has 7 heteroatoms. The van der Waals surface area contributed by atoms with Crippen LogP contribution in [0.4, 0.5) is 10.5 Å². The summed E-state index contributed by atoms with van der Waals surface area (Å²) in [4.78, 5) is 21.5. The second-order valence-electron chi connectivity index (χ2n) is 7.89. The Bertz CT molecular complexity index is 943. The van der Waals surface area contributed by atoms with Gasteiger partial charge in [0.25, 0.3) is 0 Å². The average molecular weight is 388 g/mol. The Kier molecular flexibility index (Phi) is 4.73. The minimum atomic E-state index is -0.0392. The van der Waals surface area contributed by atoms with E-state index in [4.69, 9.17) is 0 Å². The van der Waals surface area contributed by atoms with Crippen LogP contribution in [-0.2, 0) is 6.54 Å². The van der Waals surface area contributed by atoms with E-state index in [-0.39, 0.29) is 6.03 Å². The number of likely N-dealkylation sites (tertiary alicyclic amines) is 2. The minimum absolute atomic E-state index is 0.0392. The molecule has 148 valence electrons. The summed E-state index contributed by atoms with van der Waals surface area (Å²) in [7, 11) is 0. The van der Waals surface area contributed by atoms with Crippen LogP contribution in [0.5, 0.6) is 0 Å². The highest BCUT2D eigenvalue weighted by atomic mass is 16.2. The van der Waals surface area contributed by atoms with Crippen molar-refractivity contribution in [2.45, 2.75) is 6.54 Å². The van der Waals surface area contributed by atoms with E-state index in [9.17, 15) is 4.79 Å². The number of urea groups is 1. The molecular formula is C22H24N6O. The molecule has 2 saturated heterocycles. The quantitative estimate of drug-likeness (QED) is 0.746. The number of hydrogen-bond donors (Lipinski definition) is 1. The first-order chi connectivity index (χ1) is 14.2. The van der Waals surface area contributed by atoms with Gasteiger partial charge in [-0.1, -0.05) is 30.3 Å². The molecule has 0 spiro atoms. The van der Waals surface area contributed by atoms with Crippen LogP contribution < -0.4 is 5.32 Å². The van der Waals surface area contributed by atoms with E-state index in [1.165, 1.54) is 5.56 Å². The first-order valence-corrected chi connectivity index (χ1v) is 10.0. The number of amides is 2. The summed E-state index contributed by atoms with van der Waals surface area (Å²) in [5.74, 6) is 1.84. The van der Waals surface area contributed by atoms with Crippen LogP contribution in [0.2, 0.25) is 0 Å². The van der Waals surface area contributed by atoms with Crippen molar-refractivity contribution in [1.82, 2.24) is 24.6 Å². The van der Waals surface area contributed by atoms with Crippen LogP contribution in [0.1, 0.15) is 5.56 Å². The number of pyridine rings is 1. The third-order valence-electron chi connectivity index (χ3n) is 5.84. The van der Waals surface area contributed by atoms with Gasteiger partial charge in [0, 0.05) is 45.1 Å². The van der Waals surface area contributed by atoms with E-state index in [2.05, 4.69) is 50.6 Å². The van der Waals surface area contributed by atoms with Gasteiger partial charge in [-0.05, 0) is 35.6 Å². The first kappa shape index (κ1) is 17.9. The van der Waals surface area contributed by atoms with Crippen molar-refractivity contribution in [2.24, 2.45) is 11.8 Å². The fraction of sp³-hybridized carbons (Fsp3) is 0.318. The molecule has 0 saturated carbocycles. The molecule has 5 rings (SSSR count). The number of carbonyl (C=O) groups excluding carboxylic acids is 1. The molecule has 2 amide bonds. The molecular weight excluding hydrogens is 364 g/mol. The summed E-state index contributed by atoms with van der Waals surface area (Å²) in [6.07, 6.45) is 5.22. The third-order valence-corrected chi connectivity index (χ3v) is 5.84. The summed E-state index contributed by atoms with van der Waals surface area (Å²) in [5.41, 5.74) is 2.06.